The number of rotatable bonds is 5. The number of carbonyl (C=O) groups excluding carboxylic acids is 1. The number of alkyl halides is 2. The van der Waals surface area contributed by atoms with E-state index in [-0.39, 0.29) is 18.4 Å². The van der Waals surface area contributed by atoms with Crippen LogP contribution in [0.5, 0.6) is 0 Å². The highest BCUT2D eigenvalue weighted by atomic mass is 32.1. The zero-order valence-electron chi connectivity index (χ0n) is 15.9. The molecular formula is C20H21F2N5OS. The van der Waals surface area contributed by atoms with Crippen LogP contribution in [0.25, 0.3) is 21.3 Å². The SMILES string of the molecule is CC(F)(F)CN1CCC(C(=O)Nc2cc3cc(-c4cncs4)ncc3cn2)CC1. The number of nitrogens with zero attached hydrogens (tertiary/aromatic N) is 4. The molecule has 1 aliphatic heterocycles. The first-order valence-corrected chi connectivity index (χ1v) is 10.3. The summed E-state index contributed by atoms with van der Waals surface area (Å²) in [5, 5.41) is 4.68. The Morgan fingerprint density at radius 3 is 2.66 bits per heavy atom. The molecule has 0 spiro atoms. The van der Waals surface area contributed by atoms with E-state index in [0.29, 0.717) is 31.7 Å². The zero-order valence-corrected chi connectivity index (χ0v) is 16.8. The Balaban J connectivity index is 1.42. The van der Waals surface area contributed by atoms with Gasteiger partial charge in [-0.05, 0) is 43.5 Å². The van der Waals surface area contributed by atoms with Gasteiger partial charge in [-0.15, -0.1) is 11.3 Å². The Hall–Kier alpha value is -2.52. The number of hydrogen-bond acceptors (Lipinski definition) is 6. The highest BCUT2D eigenvalue weighted by Crippen LogP contribution is 2.26. The Kier molecular flexibility index (Phi) is 5.51. The van der Waals surface area contributed by atoms with Gasteiger partial charge in [0.1, 0.15) is 5.82 Å². The molecule has 4 rings (SSSR count). The van der Waals surface area contributed by atoms with Crippen molar-refractivity contribution in [2.75, 3.05) is 25.0 Å². The third-order valence-corrected chi connectivity index (χ3v) is 5.79. The van der Waals surface area contributed by atoms with E-state index in [1.54, 1.807) is 29.0 Å². The van der Waals surface area contributed by atoms with Crippen LogP contribution in [0.3, 0.4) is 0 Å². The average molecular weight is 417 g/mol. The Labute approximate surface area is 171 Å². The second kappa shape index (κ2) is 8.08. The lowest BCUT2D eigenvalue weighted by molar-refractivity contribution is -0.121. The monoisotopic (exact) mass is 417 g/mol. The Morgan fingerprint density at radius 1 is 1.21 bits per heavy atom. The van der Waals surface area contributed by atoms with Crippen LogP contribution in [0.4, 0.5) is 14.6 Å². The van der Waals surface area contributed by atoms with E-state index < -0.39 is 5.92 Å². The standard InChI is InChI=1S/C20H21F2N5OS/c1-20(21,22)11-27-4-2-13(3-5-27)19(28)26-18-7-14-6-16(17-10-23-12-29-17)24-8-15(14)9-25-18/h6-10,12-13H,2-5,11H2,1H3,(H,25,26,28). The summed E-state index contributed by atoms with van der Waals surface area (Å²) in [6, 6.07) is 3.77. The second-order valence-electron chi connectivity index (χ2n) is 7.46. The lowest BCUT2D eigenvalue weighted by Gasteiger charge is -2.32. The number of fused-ring (bicyclic) bond motifs is 1. The summed E-state index contributed by atoms with van der Waals surface area (Å²) in [6.45, 7) is 1.66. The van der Waals surface area contributed by atoms with Crippen LogP contribution in [0, 0.1) is 5.92 Å². The molecule has 1 fully saturated rings. The summed E-state index contributed by atoms with van der Waals surface area (Å²) in [5.41, 5.74) is 2.58. The molecule has 0 bridgehead atoms. The van der Waals surface area contributed by atoms with Gasteiger partial charge in [0.05, 0.1) is 22.6 Å². The van der Waals surface area contributed by atoms with E-state index in [2.05, 4.69) is 20.3 Å². The number of aromatic nitrogens is 3. The van der Waals surface area contributed by atoms with Gasteiger partial charge >= 0.3 is 0 Å². The predicted molar refractivity (Wildman–Crippen MR) is 109 cm³/mol. The van der Waals surface area contributed by atoms with Crippen LogP contribution in [0.1, 0.15) is 19.8 Å². The molecule has 152 valence electrons. The molecule has 1 amide bonds. The molecule has 0 saturated carbocycles. The van der Waals surface area contributed by atoms with E-state index >= 15 is 0 Å². The zero-order chi connectivity index (χ0) is 20.4. The lowest BCUT2D eigenvalue weighted by atomic mass is 9.95. The first-order valence-electron chi connectivity index (χ1n) is 9.43. The second-order valence-corrected chi connectivity index (χ2v) is 8.35. The molecule has 6 nitrogen and oxygen atoms in total. The van der Waals surface area contributed by atoms with Gasteiger partial charge in [0, 0.05) is 36.8 Å². The van der Waals surface area contributed by atoms with Crippen molar-refractivity contribution in [2.24, 2.45) is 5.92 Å². The summed E-state index contributed by atoms with van der Waals surface area (Å²) in [7, 11) is 0. The highest BCUT2D eigenvalue weighted by Gasteiger charge is 2.30. The summed E-state index contributed by atoms with van der Waals surface area (Å²) < 4.78 is 26.3. The summed E-state index contributed by atoms with van der Waals surface area (Å²) >= 11 is 1.51. The van der Waals surface area contributed by atoms with E-state index in [9.17, 15) is 13.6 Å². The number of hydrogen-bond donors (Lipinski definition) is 1. The van der Waals surface area contributed by atoms with Gasteiger partial charge in [-0.1, -0.05) is 0 Å². The van der Waals surface area contributed by atoms with Crippen molar-refractivity contribution < 1.29 is 13.6 Å². The quantitative estimate of drug-likeness (QED) is 0.678. The van der Waals surface area contributed by atoms with Crippen molar-refractivity contribution in [1.82, 2.24) is 19.9 Å². The smallest absolute Gasteiger partial charge is 0.257 e. The van der Waals surface area contributed by atoms with Crippen molar-refractivity contribution in [3.63, 3.8) is 0 Å². The van der Waals surface area contributed by atoms with Crippen LogP contribution in [-0.4, -0.2) is 51.3 Å². The normalized spacial score (nSPS) is 16.2. The van der Waals surface area contributed by atoms with Crippen molar-refractivity contribution >= 4 is 33.8 Å². The topological polar surface area (TPSA) is 71.0 Å². The molecule has 3 aromatic heterocycles. The van der Waals surface area contributed by atoms with Crippen molar-refractivity contribution in [2.45, 2.75) is 25.7 Å². The van der Waals surface area contributed by atoms with Crippen LogP contribution < -0.4 is 5.32 Å². The fourth-order valence-corrected chi connectivity index (χ4v) is 4.15. The van der Waals surface area contributed by atoms with Gasteiger partial charge in [-0.25, -0.2) is 13.8 Å². The summed E-state index contributed by atoms with van der Waals surface area (Å²) in [4.78, 5) is 28.1. The minimum atomic E-state index is -2.71. The molecule has 4 heterocycles. The maximum atomic E-state index is 13.2. The van der Waals surface area contributed by atoms with Gasteiger partial charge in [-0.3, -0.25) is 19.7 Å². The van der Waals surface area contributed by atoms with Crippen LogP contribution in [0.15, 0.2) is 36.2 Å². The average Bonchev–Trinajstić information content (AvgIpc) is 3.21. The predicted octanol–water partition coefficient (Wildman–Crippen LogP) is 4.06. The Bertz CT molecular complexity index is 998. The van der Waals surface area contributed by atoms with Gasteiger partial charge in [0.25, 0.3) is 5.92 Å². The lowest BCUT2D eigenvalue weighted by Crippen LogP contribution is -2.42. The molecular weight excluding hydrogens is 396 g/mol. The van der Waals surface area contributed by atoms with E-state index in [1.165, 1.54) is 11.3 Å². The number of likely N-dealkylation sites (tertiary alicyclic amines) is 1. The maximum absolute atomic E-state index is 13.2. The van der Waals surface area contributed by atoms with E-state index in [0.717, 1.165) is 28.3 Å². The first-order chi connectivity index (χ1) is 13.9. The third kappa shape index (κ3) is 4.91. The minimum Gasteiger partial charge on any atom is -0.310 e. The fraction of sp³-hybridized carbons (Fsp3) is 0.400. The van der Waals surface area contributed by atoms with Gasteiger partial charge < -0.3 is 5.32 Å². The fourth-order valence-electron chi connectivity index (χ4n) is 3.56. The molecule has 3 aromatic rings. The largest absolute Gasteiger partial charge is 0.310 e. The molecule has 0 radical (unpaired) electrons. The van der Waals surface area contributed by atoms with Crippen molar-refractivity contribution in [3.8, 4) is 10.6 Å². The maximum Gasteiger partial charge on any atom is 0.257 e. The molecule has 0 unspecified atom stereocenters. The van der Waals surface area contributed by atoms with E-state index in [1.807, 2.05) is 12.1 Å². The van der Waals surface area contributed by atoms with Gasteiger partial charge in [0.15, 0.2) is 0 Å². The van der Waals surface area contributed by atoms with Crippen LogP contribution in [0.2, 0.25) is 0 Å². The number of thiazole rings is 1. The van der Waals surface area contributed by atoms with Crippen LogP contribution in [-0.2, 0) is 4.79 Å². The van der Waals surface area contributed by atoms with Crippen LogP contribution >= 0.6 is 11.3 Å². The molecule has 1 saturated heterocycles. The number of piperidine rings is 1. The number of carbonyl (C=O) groups is 1. The molecule has 1 N–H and O–H groups in total. The number of halogens is 2. The molecule has 0 atom stereocenters. The highest BCUT2D eigenvalue weighted by molar-refractivity contribution is 7.13. The number of pyridine rings is 2. The Morgan fingerprint density at radius 2 is 1.97 bits per heavy atom. The van der Waals surface area contributed by atoms with Gasteiger partial charge in [0.2, 0.25) is 5.91 Å². The number of amides is 1. The molecule has 1 aliphatic rings. The third-order valence-electron chi connectivity index (χ3n) is 5.00. The molecule has 29 heavy (non-hydrogen) atoms. The molecule has 0 aliphatic carbocycles. The molecule has 0 aromatic carbocycles. The van der Waals surface area contributed by atoms with E-state index in [4.69, 9.17) is 0 Å². The summed E-state index contributed by atoms with van der Waals surface area (Å²) in [6.07, 6.45) is 6.33. The minimum absolute atomic E-state index is 0.114. The number of anilines is 1. The summed E-state index contributed by atoms with van der Waals surface area (Å²) in [5.74, 6) is -2.54. The first kappa shape index (κ1) is 19.8. The molecule has 9 heteroatoms. The van der Waals surface area contributed by atoms with Crippen molar-refractivity contribution in [3.05, 3.63) is 36.2 Å². The number of nitrogens with one attached hydrogen (secondary N) is 1. The van der Waals surface area contributed by atoms with Crippen molar-refractivity contribution in [1.29, 1.82) is 0 Å². The van der Waals surface area contributed by atoms with Gasteiger partial charge in [-0.2, -0.15) is 0 Å².